The van der Waals surface area contributed by atoms with Gasteiger partial charge in [0.2, 0.25) is 5.91 Å². The second-order valence-electron chi connectivity index (χ2n) is 5.00. The molecular weight excluding hydrogens is 242 g/mol. The van der Waals surface area contributed by atoms with Crippen molar-refractivity contribution in [1.82, 2.24) is 10.3 Å². The van der Waals surface area contributed by atoms with Crippen LogP contribution in [0.4, 0.5) is 11.5 Å². The average molecular weight is 257 g/mol. The molecule has 6 nitrogen and oxygen atoms in total. The predicted molar refractivity (Wildman–Crippen MR) is 70.2 cm³/mol. The van der Waals surface area contributed by atoms with Gasteiger partial charge < -0.3 is 16.0 Å². The van der Waals surface area contributed by atoms with Crippen molar-refractivity contribution < 1.29 is 4.79 Å². The monoisotopic (exact) mass is 257 g/mol. The van der Waals surface area contributed by atoms with Crippen LogP contribution in [0.15, 0.2) is 12.3 Å². The van der Waals surface area contributed by atoms with Gasteiger partial charge >= 0.3 is 0 Å². The third-order valence-electron chi connectivity index (χ3n) is 3.90. The van der Waals surface area contributed by atoms with Crippen molar-refractivity contribution in [3.8, 4) is 6.07 Å². The van der Waals surface area contributed by atoms with Gasteiger partial charge in [0.25, 0.3) is 0 Å². The molecule has 0 saturated carbocycles. The fourth-order valence-corrected chi connectivity index (χ4v) is 2.99. The summed E-state index contributed by atoms with van der Waals surface area (Å²) in [5, 5.41) is 11.7. The first-order valence-electron chi connectivity index (χ1n) is 6.40. The summed E-state index contributed by atoms with van der Waals surface area (Å²) in [6, 6.07) is 3.79. The van der Waals surface area contributed by atoms with Crippen molar-refractivity contribution in [2.45, 2.75) is 18.9 Å². The van der Waals surface area contributed by atoms with Gasteiger partial charge in [-0.05, 0) is 18.9 Å². The second kappa shape index (κ2) is 4.43. The lowest BCUT2D eigenvalue weighted by atomic mass is 9.91. The molecule has 2 atom stereocenters. The molecule has 3 rings (SSSR count). The summed E-state index contributed by atoms with van der Waals surface area (Å²) in [7, 11) is 0. The van der Waals surface area contributed by atoms with E-state index in [9.17, 15) is 4.79 Å². The van der Waals surface area contributed by atoms with E-state index in [4.69, 9.17) is 11.0 Å². The maximum atomic E-state index is 11.7. The van der Waals surface area contributed by atoms with E-state index < -0.39 is 0 Å². The van der Waals surface area contributed by atoms with Crippen LogP contribution in [0.25, 0.3) is 0 Å². The van der Waals surface area contributed by atoms with E-state index in [2.05, 4.69) is 15.2 Å². The summed E-state index contributed by atoms with van der Waals surface area (Å²) in [5.74, 6) is 0.845. The van der Waals surface area contributed by atoms with Crippen molar-refractivity contribution in [3.63, 3.8) is 0 Å². The number of nitrogen functional groups attached to an aromatic ring is 1. The Labute approximate surface area is 111 Å². The topological polar surface area (TPSA) is 95.0 Å². The van der Waals surface area contributed by atoms with Crippen LogP contribution in [0.2, 0.25) is 0 Å². The smallest absolute Gasteiger partial charge is 0.225 e. The number of fused-ring (bicyclic) bond motifs is 1. The van der Waals surface area contributed by atoms with E-state index in [1.165, 1.54) is 6.20 Å². The van der Waals surface area contributed by atoms with Gasteiger partial charge in [0.05, 0.1) is 23.2 Å². The molecule has 6 heteroatoms. The minimum Gasteiger partial charge on any atom is -0.396 e. The minimum absolute atomic E-state index is 0.0330. The number of aromatic nitrogens is 1. The highest BCUT2D eigenvalue weighted by Gasteiger charge is 2.41. The molecule has 2 unspecified atom stereocenters. The van der Waals surface area contributed by atoms with Crippen molar-refractivity contribution in [3.05, 3.63) is 17.8 Å². The average Bonchev–Trinajstić information content (AvgIpc) is 2.81. The number of nitrogens with two attached hydrogens (primary N) is 1. The lowest BCUT2D eigenvalue weighted by molar-refractivity contribution is -0.122. The first-order chi connectivity index (χ1) is 9.20. The van der Waals surface area contributed by atoms with Gasteiger partial charge in [-0.3, -0.25) is 4.79 Å². The van der Waals surface area contributed by atoms with E-state index in [1.54, 1.807) is 6.07 Å². The molecule has 2 aliphatic heterocycles. The summed E-state index contributed by atoms with van der Waals surface area (Å²) >= 11 is 0. The van der Waals surface area contributed by atoms with Gasteiger partial charge in [-0.1, -0.05) is 0 Å². The number of nitrogens with one attached hydrogen (secondary N) is 1. The molecule has 98 valence electrons. The molecule has 0 aliphatic carbocycles. The van der Waals surface area contributed by atoms with Gasteiger partial charge in [0.15, 0.2) is 5.82 Å². The van der Waals surface area contributed by atoms with Crippen molar-refractivity contribution in [2.75, 3.05) is 23.7 Å². The standard InChI is InChI=1S/C13H15N5O/c14-5-8-4-10(15)12(16-6-8)18-3-1-2-9-11(18)7-17-13(9)19/h4,6,9,11H,1-3,7,15H2,(H,17,19). The molecule has 1 aromatic heterocycles. The summed E-state index contributed by atoms with van der Waals surface area (Å²) in [4.78, 5) is 18.1. The van der Waals surface area contributed by atoms with Gasteiger partial charge in [-0.15, -0.1) is 0 Å². The van der Waals surface area contributed by atoms with Crippen LogP contribution >= 0.6 is 0 Å². The van der Waals surface area contributed by atoms with Crippen LogP contribution < -0.4 is 16.0 Å². The number of nitrogens with zero attached hydrogens (tertiary/aromatic N) is 3. The number of piperidine rings is 1. The SMILES string of the molecule is N#Cc1cnc(N2CCCC3C(=O)NCC32)c(N)c1. The molecule has 1 aromatic rings. The van der Waals surface area contributed by atoms with Crippen LogP contribution in [0.3, 0.4) is 0 Å². The molecule has 2 saturated heterocycles. The fraction of sp³-hybridized carbons (Fsp3) is 0.462. The number of rotatable bonds is 1. The number of pyridine rings is 1. The largest absolute Gasteiger partial charge is 0.396 e. The first-order valence-corrected chi connectivity index (χ1v) is 6.40. The zero-order valence-corrected chi connectivity index (χ0v) is 10.5. The number of nitriles is 1. The third kappa shape index (κ3) is 1.87. The molecule has 19 heavy (non-hydrogen) atoms. The molecule has 2 aliphatic rings. The maximum absolute atomic E-state index is 11.7. The van der Waals surface area contributed by atoms with Crippen molar-refractivity contribution in [2.24, 2.45) is 5.92 Å². The lowest BCUT2D eigenvalue weighted by Gasteiger charge is -2.37. The normalized spacial score (nSPS) is 25.6. The van der Waals surface area contributed by atoms with Gasteiger partial charge in [0.1, 0.15) is 6.07 Å². The Bertz CT molecular complexity index is 565. The molecule has 2 fully saturated rings. The van der Waals surface area contributed by atoms with Crippen molar-refractivity contribution in [1.29, 1.82) is 5.26 Å². The molecule has 0 spiro atoms. The van der Waals surface area contributed by atoms with E-state index in [-0.39, 0.29) is 17.9 Å². The predicted octanol–water partition coefficient (Wildman–Crippen LogP) is 0.250. The molecule has 3 heterocycles. The summed E-state index contributed by atoms with van der Waals surface area (Å²) in [6.07, 6.45) is 3.40. The molecule has 0 radical (unpaired) electrons. The molecule has 0 bridgehead atoms. The van der Waals surface area contributed by atoms with Crippen LogP contribution in [0.1, 0.15) is 18.4 Å². The minimum atomic E-state index is 0.0330. The number of anilines is 2. The number of carbonyl (C=O) groups is 1. The Balaban J connectivity index is 1.93. The number of hydrogen-bond donors (Lipinski definition) is 2. The molecular formula is C13H15N5O. The quantitative estimate of drug-likeness (QED) is 0.752. The number of carbonyl (C=O) groups excluding carboxylic acids is 1. The Morgan fingerprint density at radius 2 is 2.42 bits per heavy atom. The molecule has 0 aromatic carbocycles. The third-order valence-corrected chi connectivity index (χ3v) is 3.90. The van der Waals surface area contributed by atoms with E-state index in [0.29, 0.717) is 23.6 Å². The van der Waals surface area contributed by atoms with Crippen LogP contribution in [-0.2, 0) is 4.79 Å². The second-order valence-corrected chi connectivity index (χ2v) is 5.00. The van der Waals surface area contributed by atoms with Gasteiger partial charge in [-0.25, -0.2) is 4.98 Å². The van der Waals surface area contributed by atoms with Gasteiger partial charge in [-0.2, -0.15) is 5.26 Å². The Morgan fingerprint density at radius 3 is 3.16 bits per heavy atom. The maximum Gasteiger partial charge on any atom is 0.225 e. The fourth-order valence-electron chi connectivity index (χ4n) is 2.99. The summed E-state index contributed by atoms with van der Waals surface area (Å²) in [5.41, 5.74) is 6.94. The van der Waals surface area contributed by atoms with E-state index >= 15 is 0 Å². The highest BCUT2D eigenvalue weighted by Crippen LogP contribution is 2.33. The van der Waals surface area contributed by atoms with Crippen molar-refractivity contribution >= 4 is 17.4 Å². The first kappa shape index (κ1) is 11.8. The number of hydrogen-bond acceptors (Lipinski definition) is 5. The Morgan fingerprint density at radius 1 is 1.58 bits per heavy atom. The molecule has 3 N–H and O–H groups in total. The Hall–Kier alpha value is -2.29. The van der Waals surface area contributed by atoms with E-state index in [0.717, 1.165) is 19.4 Å². The van der Waals surface area contributed by atoms with Crippen LogP contribution in [0, 0.1) is 17.2 Å². The Kier molecular flexibility index (Phi) is 2.75. The summed E-state index contributed by atoms with van der Waals surface area (Å²) < 4.78 is 0. The highest BCUT2D eigenvalue weighted by molar-refractivity contribution is 5.83. The number of amides is 1. The molecule has 1 amide bonds. The van der Waals surface area contributed by atoms with Crippen LogP contribution in [0.5, 0.6) is 0 Å². The highest BCUT2D eigenvalue weighted by atomic mass is 16.2. The zero-order valence-electron chi connectivity index (χ0n) is 10.5. The summed E-state index contributed by atoms with van der Waals surface area (Å²) in [6.45, 7) is 1.49. The lowest BCUT2D eigenvalue weighted by Crippen LogP contribution is -2.46. The zero-order chi connectivity index (χ0) is 13.4. The van der Waals surface area contributed by atoms with E-state index in [1.807, 2.05) is 6.07 Å². The van der Waals surface area contributed by atoms with Crippen LogP contribution in [-0.4, -0.2) is 30.0 Å². The van der Waals surface area contributed by atoms with Gasteiger partial charge in [0, 0.05) is 19.3 Å².